The minimum atomic E-state index is -1.15. The van der Waals surface area contributed by atoms with Crippen molar-refractivity contribution in [3.8, 4) is 10.8 Å². The molecule has 2 saturated heterocycles. The fourth-order valence-corrected chi connectivity index (χ4v) is 5.02. The first-order valence-corrected chi connectivity index (χ1v) is 12.4. The fourth-order valence-electron chi connectivity index (χ4n) is 4.10. The molecule has 2 amide bonds. The molecular weight excluding hydrogens is 459 g/mol. The molecule has 184 valence electrons. The van der Waals surface area contributed by atoms with Crippen molar-refractivity contribution in [3.05, 3.63) is 35.8 Å². The monoisotopic (exact) mass is 490 g/mol. The standard InChI is InChI=1S/C24H31FN4O4S/c1-23(2,29-21(31)24(3)11-4-12-26-24)20(30)28-22-27-18(15-9-13-32-14-10-15)19(34-22)33-17-7-5-16(25)6-8-17/h5-8,15,26H,4,9-14H2,1-3H3,(H,29,31)(H,27,28,30). The van der Waals surface area contributed by atoms with Crippen LogP contribution in [0.1, 0.15) is 58.1 Å². The van der Waals surface area contributed by atoms with Gasteiger partial charge in [-0.25, -0.2) is 9.37 Å². The maximum atomic E-state index is 13.3. The molecule has 10 heteroatoms. The van der Waals surface area contributed by atoms with Gasteiger partial charge in [-0.05, 0) is 77.3 Å². The van der Waals surface area contributed by atoms with E-state index in [1.165, 1.54) is 23.5 Å². The predicted molar refractivity (Wildman–Crippen MR) is 128 cm³/mol. The molecule has 1 aromatic heterocycles. The molecule has 0 saturated carbocycles. The number of amides is 2. The van der Waals surface area contributed by atoms with Crippen LogP contribution in [0.4, 0.5) is 9.52 Å². The topological polar surface area (TPSA) is 102 Å². The summed E-state index contributed by atoms with van der Waals surface area (Å²) in [4.78, 5) is 30.6. The summed E-state index contributed by atoms with van der Waals surface area (Å²) in [6.45, 7) is 7.23. The van der Waals surface area contributed by atoms with Crippen LogP contribution < -0.4 is 20.7 Å². The Balaban J connectivity index is 1.51. The number of nitrogens with zero attached hydrogens (tertiary/aromatic N) is 1. The van der Waals surface area contributed by atoms with Gasteiger partial charge in [0.25, 0.3) is 5.91 Å². The average Bonchev–Trinajstić information content (AvgIpc) is 3.43. The number of thiazole rings is 1. The van der Waals surface area contributed by atoms with Crippen LogP contribution in [-0.4, -0.2) is 47.6 Å². The number of carbonyl (C=O) groups excluding carboxylic acids is 2. The molecule has 1 atom stereocenters. The largest absolute Gasteiger partial charge is 0.445 e. The predicted octanol–water partition coefficient (Wildman–Crippen LogP) is 3.94. The van der Waals surface area contributed by atoms with Crippen LogP contribution in [0.5, 0.6) is 10.8 Å². The Kier molecular flexibility index (Phi) is 7.20. The Labute approximate surface area is 202 Å². The zero-order chi connectivity index (χ0) is 24.3. The molecule has 4 rings (SSSR count). The summed E-state index contributed by atoms with van der Waals surface area (Å²) < 4.78 is 24.8. The first-order valence-electron chi connectivity index (χ1n) is 11.6. The molecule has 0 radical (unpaired) electrons. The van der Waals surface area contributed by atoms with Crippen LogP contribution in [0.2, 0.25) is 0 Å². The summed E-state index contributed by atoms with van der Waals surface area (Å²) in [5, 5.41) is 9.87. The van der Waals surface area contributed by atoms with E-state index in [-0.39, 0.29) is 23.5 Å². The molecule has 0 aliphatic carbocycles. The number of rotatable bonds is 7. The second-order valence-electron chi connectivity index (χ2n) is 9.53. The lowest BCUT2D eigenvalue weighted by Crippen LogP contribution is -2.60. The van der Waals surface area contributed by atoms with Gasteiger partial charge in [-0.1, -0.05) is 11.3 Å². The van der Waals surface area contributed by atoms with Crippen LogP contribution in [0.25, 0.3) is 0 Å². The summed E-state index contributed by atoms with van der Waals surface area (Å²) in [6.07, 6.45) is 3.23. The molecular formula is C24H31FN4O4S. The third kappa shape index (κ3) is 5.56. The van der Waals surface area contributed by atoms with Gasteiger partial charge in [-0.3, -0.25) is 14.9 Å². The summed E-state index contributed by atoms with van der Waals surface area (Å²) in [7, 11) is 0. The first-order chi connectivity index (χ1) is 16.2. The number of carbonyl (C=O) groups is 2. The number of benzene rings is 1. The van der Waals surface area contributed by atoms with E-state index in [9.17, 15) is 14.0 Å². The second kappa shape index (κ2) is 9.97. The van der Waals surface area contributed by atoms with Gasteiger partial charge < -0.3 is 20.1 Å². The average molecular weight is 491 g/mol. The Morgan fingerprint density at radius 3 is 2.62 bits per heavy atom. The van der Waals surface area contributed by atoms with Crippen molar-refractivity contribution in [2.75, 3.05) is 25.1 Å². The van der Waals surface area contributed by atoms with Crippen LogP contribution in [-0.2, 0) is 14.3 Å². The minimum Gasteiger partial charge on any atom is -0.445 e. The number of hydrogen-bond donors (Lipinski definition) is 3. The van der Waals surface area contributed by atoms with Gasteiger partial charge in [0, 0.05) is 19.1 Å². The van der Waals surface area contributed by atoms with E-state index >= 15 is 0 Å². The van der Waals surface area contributed by atoms with E-state index < -0.39 is 11.1 Å². The highest BCUT2D eigenvalue weighted by Crippen LogP contribution is 2.41. The van der Waals surface area contributed by atoms with Crippen LogP contribution in [0.3, 0.4) is 0 Å². The lowest BCUT2D eigenvalue weighted by molar-refractivity contribution is -0.132. The Morgan fingerprint density at radius 1 is 1.26 bits per heavy atom. The molecule has 3 N–H and O–H groups in total. The number of aromatic nitrogens is 1. The summed E-state index contributed by atoms with van der Waals surface area (Å²) in [5.41, 5.74) is -1.07. The van der Waals surface area contributed by atoms with E-state index in [0.717, 1.165) is 37.9 Å². The smallest absolute Gasteiger partial charge is 0.251 e. The number of anilines is 1. The third-order valence-corrected chi connectivity index (χ3v) is 7.20. The molecule has 2 aliphatic rings. The molecule has 2 fully saturated rings. The van der Waals surface area contributed by atoms with Crippen molar-refractivity contribution in [1.82, 2.24) is 15.6 Å². The van der Waals surface area contributed by atoms with Gasteiger partial charge in [0.05, 0.1) is 5.54 Å². The lowest BCUT2D eigenvalue weighted by Gasteiger charge is -2.30. The van der Waals surface area contributed by atoms with Gasteiger partial charge in [-0.15, -0.1) is 0 Å². The van der Waals surface area contributed by atoms with E-state index in [2.05, 4.69) is 20.9 Å². The van der Waals surface area contributed by atoms with Crippen molar-refractivity contribution in [3.63, 3.8) is 0 Å². The number of nitrogens with one attached hydrogen (secondary N) is 3. The number of halogens is 1. The molecule has 2 aliphatic heterocycles. The normalized spacial score (nSPS) is 21.3. The molecule has 8 nitrogen and oxygen atoms in total. The molecule has 1 unspecified atom stereocenters. The molecule has 0 spiro atoms. The van der Waals surface area contributed by atoms with Gasteiger partial charge in [0.2, 0.25) is 11.0 Å². The zero-order valence-electron chi connectivity index (χ0n) is 19.7. The number of hydrogen-bond acceptors (Lipinski definition) is 7. The van der Waals surface area contributed by atoms with Crippen LogP contribution >= 0.6 is 11.3 Å². The quantitative estimate of drug-likeness (QED) is 0.543. The number of ether oxygens (including phenoxy) is 2. The minimum absolute atomic E-state index is 0.132. The van der Waals surface area contributed by atoms with Gasteiger partial charge >= 0.3 is 0 Å². The molecule has 1 aromatic carbocycles. The Morgan fingerprint density at radius 2 is 1.97 bits per heavy atom. The molecule has 2 aromatic rings. The maximum Gasteiger partial charge on any atom is 0.251 e. The second-order valence-corrected chi connectivity index (χ2v) is 10.5. The van der Waals surface area contributed by atoms with E-state index in [4.69, 9.17) is 9.47 Å². The van der Waals surface area contributed by atoms with Crippen molar-refractivity contribution >= 4 is 28.3 Å². The molecule has 34 heavy (non-hydrogen) atoms. The highest BCUT2D eigenvalue weighted by Gasteiger charge is 2.40. The van der Waals surface area contributed by atoms with Crippen molar-refractivity contribution < 1.29 is 23.5 Å². The van der Waals surface area contributed by atoms with Crippen LogP contribution in [0, 0.1) is 5.82 Å². The van der Waals surface area contributed by atoms with Gasteiger partial charge in [-0.2, -0.15) is 0 Å². The van der Waals surface area contributed by atoms with Crippen molar-refractivity contribution in [2.24, 2.45) is 0 Å². The Hall–Kier alpha value is -2.56. The third-order valence-electron chi connectivity index (χ3n) is 6.34. The van der Waals surface area contributed by atoms with Crippen LogP contribution in [0.15, 0.2) is 24.3 Å². The zero-order valence-corrected chi connectivity index (χ0v) is 20.5. The van der Waals surface area contributed by atoms with Gasteiger partial charge in [0.1, 0.15) is 22.8 Å². The first kappa shape index (κ1) is 24.6. The Bertz CT molecular complexity index is 1030. The summed E-state index contributed by atoms with van der Waals surface area (Å²) >= 11 is 1.22. The SMILES string of the molecule is CC(C)(NC(=O)C1(C)CCCN1)C(=O)Nc1nc(C2CCOCC2)c(Oc2ccc(F)cc2)s1. The van der Waals surface area contributed by atoms with E-state index in [1.807, 2.05) is 6.92 Å². The summed E-state index contributed by atoms with van der Waals surface area (Å²) in [6, 6.07) is 5.77. The highest BCUT2D eigenvalue weighted by molar-refractivity contribution is 7.17. The lowest BCUT2D eigenvalue weighted by atomic mass is 9.96. The molecule has 3 heterocycles. The molecule has 0 bridgehead atoms. The maximum absolute atomic E-state index is 13.3. The van der Waals surface area contributed by atoms with Crippen molar-refractivity contribution in [1.29, 1.82) is 0 Å². The van der Waals surface area contributed by atoms with Gasteiger partial charge in [0.15, 0.2) is 5.13 Å². The highest BCUT2D eigenvalue weighted by atomic mass is 32.1. The van der Waals surface area contributed by atoms with Crippen molar-refractivity contribution in [2.45, 2.75) is 63.5 Å². The van der Waals surface area contributed by atoms with E-state index in [0.29, 0.717) is 29.2 Å². The fraction of sp³-hybridized carbons (Fsp3) is 0.542. The van der Waals surface area contributed by atoms with E-state index in [1.54, 1.807) is 26.0 Å². The summed E-state index contributed by atoms with van der Waals surface area (Å²) in [5.74, 6) is -0.302.